The minimum atomic E-state index is -0.107. The number of nitrogens with two attached hydrogens (primary N) is 1. The smallest absolute Gasteiger partial charge is 0.345 e. The molecule has 2 aliphatic rings. The van der Waals surface area contributed by atoms with E-state index in [0.717, 1.165) is 32.7 Å². The van der Waals surface area contributed by atoms with Crippen molar-refractivity contribution >= 4 is 17.3 Å². The molecule has 1 fully saturated rings. The normalized spacial score (nSPS) is 17.8. The lowest BCUT2D eigenvalue weighted by Gasteiger charge is -2.34. The van der Waals surface area contributed by atoms with Crippen molar-refractivity contribution in [2.45, 2.75) is 26.3 Å². The van der Waals surface area contributed by atoms with Gasteiger partial charge in [0.2, 0.25) is 5.78 Å². The van der Waals surface area contributed by atoms with Crippen molar-refractivity contribution in [1.82, 2.24) is 28.5 Å². The van der Waals surface area contributed by atoms with Crippen LogP contribution < -0.4 is 16.5 Å². The van der Waals surface area contributed by atoms with Crippen molar-refractivity contribution in [1.29, 1.82) is 0 Å². The number of aliphatic imine (C=N–C) groups is 1. The summed E-state index contributed by atoms with van der Waals surface area (Å²) in [5.41, 5.74) is 1.21. The van der Waals surface area contributed by atoms with Crippen molar-refractivity contribution in [2.24, 2.45) is 17.9 Å². The van der Waals surface area contributed by atoms with Crippen LogP contribution in [0, 0.1) is 0 Å². The summed E-state index contributed by atoms with van der Waals surface area (Å²) in [5, 5.41) is 1.50. The highest BCUT2D eigenvalue weighted by atomic mass is 16.3. The molecule has 172 valence electrons. The molecule has 0 bridgehead atoms. The molecule has 0 radical (unpaired) electrons. The minimum absolute atomic E-state index is 0.107. The number of furan rings is 1. The van der Waals surface area contributed by atoms with Crippen molar-refractivity contribution in [3.8, 4) is 0 Å². The lowest BCUT2D eigenvalue weighted by Crippen LogP contribution is -2.47. The number of piperazine rings is 1. The molecule has 0 spiro atoms. The Balaban J connectivity index is 1.40. The van der Waals surface area contributed by atoms with Crippen molar-refractivity contribution in [3.05, 3.63) is 40.3 Å². The summed E-state index contributed by atoms with van der Waals surface area (Å²) in [7, 11) is 1.75. The van der Waals surface area contributed by atoms with E-state index >= 15 is 0 Å². The average molecular weight is 442 g/mol. The Morgan fingerprint density at radius 3 is 2.56 bits per heavy atom. The van der Waals surface area contributed by atoms with Gasteiger partial charge in [-0.15, -0.1) is 0 Å². The van der Waals surface area contributed by atoms with Crippen molar-refractivity contribution in [2.75, 3.05) is 50.9 Å². The third-order valence-corrected chi connectivity index (χ3v) is 6.43. The number of anilines is 1. The highest BCUT2D eigenvalue weighted by Gasteiger charge is 2.31. The maximum Gasteiger partial charge on any atom is 0.345 e. The van der Waals surface area contributed by atoms with Gasteiger partial charge in [-0.25, -0.2) is 19.8 Å². The van der Waals surface area contributed by atoms with E-state index in [1.807, 2.05) is 12.1 Å². The molecule has 5 rings (SSSR count). The van der Waals surface area contributed by atoms with E-state index in [-0.39, 0.29) is 12.4 Å². The van der Waals surface area contributed by atoms with Gasteiger partial charge < -0.3 is 9.32 Å². The van der Waals surface area contributed by atoms with Gasteiger partial charge in [0.25, 0.3) is 0 Å². The third-order valence-electron chi connectivity index (χ3n) is 6.43. The first-order valence-electron chi connectivity index (χ1n) is 11.3. The number of hydrazine groups is 1. The number of imidazole rings is 1. The van der Waals surface area contributed by atoms with E-state index in [9.17, 15) is 4.79 Å². The van der Waals surface area contributed by atoms with E-state index < -0.39 is 0 Å². The second-order valence-corrected chi connectivity index (χ2v) is 8.49. The Morgan fingerprint density at radius 1 is 1.12 bits per heavy atom. The van der Waals surface area contributed by atoms with Gasteiger partial charge >= 0.3 is 5.69 Å². The number of hydrogen-bond donors (Lipinski definition) is 1. The summed E-state index contributed by atoms with van der Waals surface area (Å²) < 4.78 is 10.7. The van der Waals surface area contributed by atoms with Crippen LogP contribution in [-0.2, 0) is 13.6 Å². The monoisotopic (exact) mass is 441 g/mol. The first-order valence-corrected chi connectivity index (χ1v) is 11.3. The maximum atomic E-state index is 13.1. The number of rotatable bonds is 7. The molecule has 0 unspecified atom stereocenters. The van der Waals surface area contributed by atoms with Crippen LogP contribution in [-0.4, -0.2) is 80.2 Å². The van der Waals surface area contributed by atoms with Gasteiger partial charge in [0.05, 0.1) is 6.26 Å². The SMILES string of the molecule is CCCCN1CCN(CCn2c(=O)n(C)n3c4c(nc23)N(N)CN=C4c2ccco2)CC1. The van der Waals surface area contributed by atoms with Gasteiger partial charge in [0, 0.05) is 46.3 Å². The van der Waals surface area contributed by atoms with Crippen molar-refractivity contribution < 1.29 is 4.42 Å². The molecular formula is C21H31N9O2. The summed E-state index contributed by atoms with van der Waals surface area (Å²) in [6.45, 7) is 9.29. The molecule has 3 aromatic rings. The molecule has 0 saturated carbocycles. The highest BCUT2D eigenvalue weighted by Crippen LogP contribution is 2.26. The molecule has 0 atom stereocenters. The molecule has 3 aromatic heterocycles. The number of nitrogens with zero attached hydrogens (tertiary/aromatic N) is 8. The first-order chi connectivity index (χ1) is 15.6. The molecular weight excluding hydrogens is 410 g/mol. The molecule has 11 heteroatoms. The van der Waals surface area contributed by atoms with Crippen LogP contribution in [0.5, 0.6) is 0 Å². The first kappa shape index (κ1) is 21.0. The predicted octanol–water partition coefficient (Wildman–Crippen LogP) is 0.334. The Morgan fingerprint density at radius 2 is 1.88 bits per heavy atom. The minimum Gasteiger partial charge on any atom is -0.463 e. The van der Waals surface area contributed by atoms with Crippen LogP contribution in [0.15, 0.2) is 32.6 Å². The van der Waals surface area contributed by atoms with Crippen LogP contribution in [0.25, 0.3) is 5.78 Å². The highest BCUT2D eigenvalue weighted by molar-refractivity contribution is 6.14. The lowest BCUT2D eigenvalue weighted by molar-refractivity contribution is 0.128. The number of hydrogen-bond acceptors (Lipinski definition) is 8. The summed E-state index contributed by atoms with van der Waals surface area (Å²) >= 11 is 0. The zero-order chi connectivity index (χ0) is 22.2. The number of fused-ring (bicyclic) bond motifs is 3. The van der Waals surface area contributed by atoms with Gasteiger partial charge in [-0.1, -0.05) is 13.3 Å². The molecule has 2 N–H and O–H groups in total. The molecule has 0 amide bonds. The second-order valence-electron chi connectivity index (χ2n) is 8.49. The zero-order valence-electron chi connectivity index (χ0n) is 18.8. The molecule has 0 aromatic carbocycles. The van der Waals surface area contributed by atoms with E-state index in [0.29, 0.717) is 35.3 Å². The fourth-order valence-electron chi connectivity index (χ4n) is 4.55. The van der Waals surface area contributed by atoms with Crippen LogP contribution >= 0.6 is 0 Å². The topological polar surface area (TPSA) is 105 Å². The summed E-state index contributed by atoms with van der Waals surface area (Å²) in [5.74, 6) is 7.96. The Bertz CT molecular complexity index is 1160. The van der Waals surface area contributed by atoms with Gasteiger partial charge in [-0.3, -0.25) is 19.5 Å². The molecule has 2 aliphatic heterocycles. The maximum absolute atomic E-state index is 13.1. The number of unbranched alkanes of at least 4 members (excludes halogenated alkanes) is 1. The molecule has 1 saturated heterocycles. The third kappa shape index (κ3) is 3.55. The predicted molar refractivity (Wildman–Crippen MR) is 122 cm³/mol. The van der Waals surface area contributed by atoms with Gasteiger partial charge in [-0.2, -0.15) is 4.98 Å². The van der Waals surface area contributed by atoms with Gasteiger partial charge in [-0.05, 0) is 25.1 Å². The fraction of sp³-hybridized carbons (Fsp3) is 0.571. The standard InChI is InChI=1S/C21H31N9O2/c1-3-4-7-26-8-10-27(11-9-26)12-13-28-20-24-19-18(30(20)25(2)21(28)31)17(23-15-29(19)22)16-6-5-14-32-16/h5-6,14H,3-4,7-13,15,22H2,1-2H3. The molecule has 11 nitrogen and oxygen atoms in total. The lowest BCUT2D eigenvalue weighted by atomic mass is 10.2. The molecule has 32 heavy (non-hydrogen) atoms. The summed E-state index contributed by atoms with van der Waals surface area (Å²) in [4.78, 5) is 27.3. The summed E-state index contributed by atoms with van der Waals surface area (Å²) in [6, 6.07) is 3.67. The van der Waals surface area contributed by atoms with Crippen LogP contribution in [0.2, 0.25) is 0 Å². The largest absolute Gasteiger partial charge is 0.463 e. The molecule has 5 heterocycles. The molecule has 0 aliphatic carbocycles. The number of aromatic nitrogens is 4. The van der Waals surface area contributed by atoms with E-state index in [1.54, 1.807) is 27.1 Å². The number of aryl methyl sites for hydroxylation is 1. The Kier molecular flexibility index (Phi) is 5.62. The van der Waals surface area contributed by atoms with E-state index in [4.69, 9.17) is 15.2 Å². The average Bonchev–Trinajstić information content (AvgIpc) is 3.52. The fourth-order valence-corrected chi connectivity index (χ4v) is 4.55. The van der Waals surface area contributed by atoms with Crippen LogP contribution in [0.4, 0.5) is 5.82 Å². The van der Waals surface area contributed by atoms with Gasteiger partial charge in [0.15, 0.2) is 11.6 Å². The second kappa shape index (κ2) is 8.57. The Hall–Kier alpha value is -2.89. The van der Waals surface area contributed by atoms with Crippen LogP contribution in [0.3, 0.4) is 0 Å². The Labute approximate surface area is 186 Å². The van der Waals surface area contributed by atoms with Crippen LogP contribution in [0.1, 0.15) is 31.2 Å². The quantitative estimate of drug-likeness (QED) is 0.527. The van der Waals surface area contributed by atoms with Gasteiger partial charge in [0.1, 0.15) is 18.1 Å². The van der Waals surface area contributed by atoms with E-state index in [2.05, 4.69) is 21.7 Å². The summed E-state index contributed by atoms with van der Waals surface area (Å²) in [6.07, 6.45) is 4.09. The zero-order valence-corrected chi connectivity index (χ0v) is 18.8. The van der Waals surface area contributed by atoms with E-state index in [1.165, 1.54) is 24.4 Å². The van der Waals surface area contributed by atoms with Crippen molar-refractivity contribution in [3.63, 3.8) is 0 Å².